The lowest BCUT2D eigenvalue weighted by Gasteiger charge is -2.22. The standard InChI is InChI=1S/C17H22BrNO6/c1-5-10(2)16(17(22)24-4)19-15(21)9-25-14-6-11(8-20)12(18)7-13(14)23-3/h6-8,10,16H,5,9H2,1-4H3,(H,19,21)/t10-,16+/m0/s1. The first-order chi connectivity index (χ1) is 11.9. The van der Waals surface area contributed by atoms with Gasteiger partial charge in [0.25, 0.3) is 5.91 Å². The van der Waals surface area contributed by atoms with Crippen LogP contribution >= 0.6 is 15.9 Å². The number of carbonyl (C=O) groups is 3. The van der Waals surface area contributed by atoms with E-state index in [1.165, 1.54) is 20.3 Å². The molecule has 0 fully saturated rings. The van der Waals surface area contributed by atoms with Crippen LogP contribution in [0.25, 0.3) is 0 Å². The highest BCUT2D eigenvalue weighted by Gasteiger charge is 2.26. The van der Waals surface area contributed by atoms with Crippen LogP contribution in [0.2, 0.25) is 0 Å². The van der Waals surface area contributed by atoms with Gasteiger partial charge < -0.3 is 19.5 Å². The number of esters is 1. The van der Waals surface area contributed by atoms with Gasteiger partial charge in [-0.05, 0) is 34.0 Å². The van der Waals surface area contributed by atoms with E-state index in [-0.39, 0.29) is 18.3 Å². The Morgan fingerprint density at radius 2 is 1.96 bits per heavy atom. The Balaban J connectivity index is 2.81. The second-order valence-corrected chi connectivity index (χ2v) is 6.24. The zero-order valence-electron chi connectivity index (χ0n) is 14.6. The van der Waals surface area contributed by atoms with Gasteiger partial charge in [-0.1, -0.05) is 20.3 Å². The number of rotatable bonds is 9. The van der Waals surface area contributed by atoms with Gasteiger partial charge in [0, 0.05) is 10.0 Å². The number of hydrogen-bond donors (Lipinski definition) is 1. The number of aldehydes is 1. The predicted octanol–water partition coefficient (Wildman–Crippen LogP) is 2.35. The van der Waals surface area contributed by atoms with Crippen LogP contribution in [0.4, 0.5) is 0 Å². The Morgan fingerprint density at radius 3 is 2.48 bits per heavy atom. The lowest BCUT2D eigenvalue weighted by Crippen LogP contribution is -2.47. The molecule has 8 heteroatoms. The number of halogens is 1. The van der Waals surface area contributed by atoms with Gasteiger partial charge in [0.05, 0.1) is 14.2 Å². The smallest absolute Gasteiger partial charge is 0.328 e. The van der Waals surface area contributed by atoms with Crippen molar-refractivity contribution in [3.05, 3.63) is 22.2 Å². The molecule has 0 unspecified atom stereocenters. The molecule has 2 atom stereocenters. The molecule has 138 valence electrons. The van der Waals surface area contributed by atoms with Crippen LogP contribution in [-0.2, 0) is 14.3 Å². The second-order valence-electron chi connectivity index (χ2n) is 5.38. The Morgan fingerprint density at radius 1 is 1.28 bits per heavy atom. The minimum atomic E-state index is -0.747. The van der Waals surface area contributed by atoms with Crippen molar-refractivity contribution in [1.82, 2.24) is 5.32 Å². The van der Waals surface area contributed by atoms with Crippen molar-refractivity contribution in [2.45, 2.75) is 26.3 Å². The molecule has 0 aliphatic rings. The van der Waals surface area contributed by atoms with Gasteiger partial charge in [-0.2, -0.15) is 0 Å². The number of hydrogen-bond acceptors (Lipinski definition) is 6. The maximum absolute atomic E-state index is 12.1. The molecule has 0 aliphatic carbocycles. The van der Waals surface area contributed by atoms with E-state index in [0.29, 0.717) is 28.5 Å². The number of carbonyl (C=O) groups excluding carboxylic acids is 3. The van der Waals surface area contributed by atoms with Crippen molar-refractivity contribution < 1.29 is 28.6 Å². The maximum atomic E-state index is 12.1. The van der Waals surface area contributed by atoms with E-state index in [1.54, 1.807) is 6.07 Å². The molecular formula is C17H22BrNO6. The van der Waals surface area contributed by atoms with Gasteiger partial charge in [-0.3, -0.25) is 9.59 Å². The lowest BCUT2D eigenvalue weighted by atomic mass is 9.99. The molecule has 1 rings (SSSR count). The molecule has 0 bridgehead atoms. The van der Waals surface area contributed by atoms with Crippen LogP contribution in [0.15, 0.2) is 16.6 Å². The Kier molecular flexibility index (Phi) is 8.40. The number of nitrogens with one attached hydrogen (secondary N) is 1. The molecule has 7 nitrogen and oxygen atoms in total. The fraction of sp³-hybridized carbons (Fsp3) is 0.471. The van der Waals surface area contributed by atoms with Gasteiger partial charge in [0.1, 0.15) is 6.04 Å². The van der Waals surface area contributed by atoms with E-state index in [1.807, 2.05) is 13.8 Å². The zero-order chi connectivity index (χ0) is 19.0. The van der Waals surface area contributed by atoms with Crippen molar-refractivity contribution in [2.75, 3.05) is 20.8 Å². The SMILES string of the molecule is CC[C@H](C)[C@@H](NC(=O)COc1cc(C=O)c(Br)cc1OC)C(=O)OC. The van der Waals surface area contributed by atoms with Crippen LogP contribution in [0.1, 0.15) is 30.6 Å². The monoisotopic (exact) mass is 415 g/mol. The summed E-state index contributed by atoms with van der Waals surface area (Å²) < 4.78 is 15.9. The Labute approximate surface area is 155 Å². The largest absolute Gasteiger partial charge is 0.493 e. The number of methoxy groups -OCH3 is 2. The van der Waals surface area contributed by atoms with Gasteiger partial charge in [-0.15, -0.1) is 0 Å². The van der Waals surface area contributed by atoms with E-state index in [4.69, 9.17) is 14.2 Å². The average Bonchev–Trinajstić information content (AvgIpc) is 2.63. The molecule has 0 aromatic heterocycles. The van der Waals surface area contributed by atoms with E-state index in [2.05, 4.69) is 21.2 Å². The third-order valence-corrected chi connectivity index (χ3v) is 4.44. The van der Waals surface area contributed by atoms with Gasteiger partial charge in [-0.25, -0.2) is 4.79 Å². The topological polar surface area (TPSA) is 90.9 Å². The summed E-state index contributed by atoms with van der Waals surface area (Å²) in [4.78, 5) is 34.9. The van der Waals surface area contributed by atoms with Gasteiger partial charge in [0.2, 0.25) is 0 Å². The Hall–Kier alpha value is -2.09. The molecule has 0 aliphatic heterocycles. The summed E-state index contributed by atoms with van der Waals surface area (Å²) in [5.41, 5.74) is 0.364. The molecule has 1 amide bonds. The predicted molar refractivity (Wildman–Crippen MR) is 95.0 cm³/mol. The van der Waals surface area contributed by atoms with Crippen molar-refractivity contribution in [3.8, 4) is 11.5 Å². The maximum Gasteiger partial charge on any atom is 0.328 e. The fourth-order valence-corrected chi connectivity index (χ4v) is 2.48. The molecule has 0 heterocycles. The summed E-state index contributed by atoms with van der Waals surface area (Å²) in [6.45, 7) is 3.42. The first-order valence-electron chi connectivity index (χ1n) is 7.70. The summed E-state index contributed by atoms with van der Waals surface area (Å²) in [5, 5.41) is 2.61. The highest BCUT2D eigenvalue weighted by atomic mass is 79.9. The van der Waals surface area contributed by atoms with Crippen LogP contribution in [0.5, 0.6) is 11.5 Å². The number of benzene rings is 1. The van der Waals surface area contributed by atoms with Crippen LogP contribution in [-0.4, -0.2) is 45.0 Å². The molecule has 1 aromatic rings. The fourth-order valence-electron chi connectivity index (χ4n) is 2.07. The quantitative estimate of drug-likeness (QED) is 0.491. The molecule has 0 spiro atoms. The molecule has 0 radical (unpaired) electrons. The van der Waals surface area contributed by atoms with Crippen LogP contribution in [0, 0.1) is 5.92 Å². The minimum Gasteiger partial charge on any atom is -0.493 e. The molecule has 1 aromatic carbocycles. The molecule has 25 heavy (non-hydrogen) atoms. The first kappa shape index (κ1) is 21.0. The normalized spacial score (nSPS) is 12.7. The van der Waals surface area contributed by atoms with Crippen molar-refractivity contribution in [1.29, 1.82) is 0 Å². The summed E-state index contributed by atoms with van der Waals surface area (Å²) in [6, 6.07) is 2.30. The van der Waals surface area contributed by atoms with Gasteiger partial charge >= 0.3 is 5.97 Å². The van der Waals surface area contributed by atoms with Crippen molar-refractivity contribution in [2.24, 2.45) is 5.92 Å². The summed E-state index contributed by atoms with van der Waals surface area (Å²) in [7, 11) is 2.72. The van der Waals surface area contributed by atoms with Crippen molar-refractivity contribution >= 4 is 34.1 Å². The van der Waals surface area contributed by atoms with Crippen molar-refractivity contribution in [3.63, 3.8) is 0 Å². The third-order valence-electron chi connectivity index (χ3n) is 3.75. The average molecular weight is 416 g/mol. The Bertz CT molecular complexity index is 634. The van der Waals surface area contributed by atoms with E-state index in [0.717, 1.165) is 0 Å². The van der Waals surface area contributed by atoms with Gasteiger partial charge in [0.15, 0.2) is 24.4 Å². The van der Waals surface area contributed by atoms with E-state index >= 15 is 0 Å². The lowest BCUT2D eigenvalue weighted by molar-refractivity contribution is -0.146. The summed E-state index contributed by atoms with van der Waals surface area (Å²) in [5.74, 6) is -0.446. The van der Waals surface area contributed by atoms with Crippen LogP contribution in [0.3, 0.4) is 0 Å². The molecule has 1 N–H and O–H groups in total. The summed E-state index contributed by atoms with van der Waals surface area (Å²) >= 11 is 3.25. The minimum absolute atomic E-state index is 0.0831. The highest BCUT2D eigenvalue weighted by molar-refractivity contribution is 9.10. The third kappa shape index (κ3) is 5.74. The van der Waals surface area contributed by atoms with E-state index in [9.17, 15) is 14.4 Å². The summed E-state index contributed by atoms with van der Waals surface area (Å²) in [6.07, 6.45) is 1.36. The molecule has 0 saturated heterocycles. The number of amides is 1. The highest BCUT2D eigenvalue weighted by Crippen LogP contribution is 2.32. The van der Waals surface area contributed by atoms with Crippen LogP contribution < -0.4 is 14.8 Å². The van der Waals surface area contributed by atoms with E-state index < -0.39 is 17.9 Å². The second kappa shape index (κ2) is 10.0. The first-order valence-corrected chi connectivity index (χ1v) is 8.49. The number of ether oxygens (including phenoxy) is 3. The molecular weight excluding hydrogens is 394 g/mol. The molecule has 0 saturated carbocycles. The zero-order valence-corrected chi connectivity index (χ0v) is 16.2.